The molecule has 0 fully saturated rings. The van der Waals surface area contributed by atoms with Gasteiger partial charge in [0.2, 0.25) is 0 Å². The third-order valence-electron chi connectivity index (χ3n) is 1.82. The Labute approximate surface area is 86.4 Å². The summed E-state index contributed by atoms with van der Waals surface area (Å²) in [5.41, 5.74) is 0.154. The molecule has 0 unspecified atom stereocenters. The van der Waals surface area contributed by atoms with Gasteiger partial charge in [-0.05, 0) is 6.42 Å². The maximum absolute atomic E-state index is 10.5. The molecule has 0 aliphatic rings. The van der Waals surface area contributed by atoms with Crippen molar-refractivity contribution in [2.24, 2.45) is 0 Å². The van der Waals surface area contributed by atoms with Crippen molar-refractivity contribution >= 4 is 15.8 Å². The molecule has 0 amide bonds. The van der Waals surface area contributed by atoms with Crippen LogP contribution in [0.2, 0.25) is 0 Å². The lowest BCUT2D eigenvalue weighted by Gasteiger charge is -2.00. The summed E-state index contributed by atoms with van der Waals surface area (Å²) in [6.45, 7) is 0. The molecule has 0 saturated carbocycles. The van der Waals surface area contributed by atoms with E-state index in [0.29, 0.717) is 5.56 Å². The van der Waals surface area contributed by atoms with Gasteiger partial charge in [-0.1, -0.05) is 18.2 Å². The first-order chi connectivity index (χ1) is 6.90. The first-order valence-corrected chi connectivity index (χ1v) is 5.68. The van der Waals surface area contributed by atoms with Crippen LogP contribution >= 0.6 is 0 Å². The van der Waals surface area contributed by atoms with Gasteiger partial charge in [-0.15, -0.1) is 0 Å². The van der Waals surface area contributed by atoms with E-state index in [0.717, 1.165) is 0 Å². The van der Waals surface area contributed by atoms with Gasteiger partial charge in [-0.2, -0.15) is 8.42 Å². The predicted octanol–water partition coefficient (Wildman–Crippen LogP) is 1.03. The molecule has 0 saturated heterocycles. The van der Waals surface area contributed by atoms with Crippen molar-refractivity contribution in [3.63, 3.8) is 0 Å². The highest BCUT2D eigenvalue weighted by molar-refractivity contribution is 7.85. The van der Waals surface area contributed by atoms with Crippen molar-refractivity contribution in [2.75, 3.05) is 5.75 Å². The smallest absolute Gasteiger partial charge is 0.272 e. The van der Waals surface area contributed by atoms with Gasteiger partial charge in [0.05, 0.1) is 10.7 Å². The van der Waals surface area contributed by atoms with Crippen LogP contribution < -0.4 is 0 Å². The largest absolute Gasteiger partial charge is 0.286 e. The zero-order valence-electron chi connectivity index (χ0n) is 7.66. The van der Waals surface area contributed by atoms with Gasteiger partial charge >= 0.3 is 0 Å². The minimum Gasteiger partial charge on any atom is -0.286 e. The minimum absolute atomic E-state index is 0.0734. The van der Waals surface area contributed by atoms with Gasteiger partial charge in [0.15, 0.2) is 0 Å². The quantitative estimate of drug-likeness (QED) is 0.474. The van der Waals surface area contributed by atoms with Gasteiger partial charge in [0, 0.05) is 11.6 Å². The molecule has 0 bridgehead atoms. The number of nitrogens with zero attached hydrogens (tertiary/aromatic N) is 1. The molecule has 6 nitrogen and oxygen atoms in total. The van der Waals surface area contributed by atoms with E-state index in [4.69, 9.17) is 4.55 Å². The van der Waals surface area contributed by atoms with Crippen molar-refractivity contribution in [2.45, 2.75) is 6.42 Å². The van der Waals surface area contributed by atoms with E-state index in [1.54, 1.807) is 6.07 Å². The van der Waals surface area contributed by atoms with Gasteiger partial charge in [-0.25, -0.2) is 0 Å². The fourth-order valence-corrected chi connectivity index (χ4v) is 1.62. The van der Waals surface area contributed by atoms with Crippen LogP contribution in [0.15, 0.2) is 24.3 Å². The van der Waals surface area contributed by atoms with Crippen LogP contribution in [-0.4, -0.2) is 23.6 Å². The fraction of sp³-hybridized carbons (Fsp3) is 0.250. The number of aryl methyl sites for hydroxylation is 1. The van der Waals surface area contributed by atoms with E-state index < -0.39 is 20.8 Å². The molecule has 0 heterocycles. The number of rotatable bonds is 4. The Kier molecular flexibility index (Phi) is 3.38. The van der Waals surface area contributed by atoms with Gasteiger partial charge in [0.1, 0.15) is 0 Å². The molecular formula is C8H9NO5S. The standard InChI is InChI=1S/C8H9NO5S/c10-9(11)8-4-2-1-3-7(8)5-6-15(12,13)14/h1-4H,5-6H2,(H,12,13,14). The summed E-state index contributed by atoms with van der Waals surface area (Å²) < 4.78 is 29.5. The summed E-state index contributed by atoms with van der Waals surface area (Å²) in [6.07, 6.45) is -0.0734. The van der Waals surface area contributed by atoms with Crippen molar-refractivity contribution < 1.29 is 17.9 Å². The van der Waals surface area contributed by atoms with Crippen LogP contribution in [0.1, 0.15) is 5.56 Å². The van der Waals surface area contributed by atoms with Crippen LogP contribution in [0.25, 0.3) is 0 Å². The lowest BCUT2D eigenvalue weighted by atomic mass is 10.1. The van der Waals surface area contributed by atoms with E-state index >= 15 is 0 Å². The molecule has 1 N–H and O–H groups in total. The molecule has 0 atom stereocenters. The Morgan fingerprint density at radius 2 is 1.93 bits per heavy atom. The summed E-state index contributed by atoms with van der Waals surface area (Å²) in [5.74, 6) is -0.516. The van der Waals surface area contributed by atoms with Crippen molar-refractivity contribution in [1.29, 1.82) is 0 Å². The first-order valence-electron chi connectivity index (χ1n) is 4.07. The van der Waals surface area contributed by atoms with Gasteiger partial charge in [0.25, 0.3) is 15.8 Å². The SMILES string of the molecule is O=[N+]([O-])c1ccccc1CCS(=O)(=O)O. The molecule has 1 aromatic carbocycles. The molecule has 0 aliphatic heterocycles. The monoisotopic (exact) mass is 231 g/mol. The summed E-state index contributed by atoms with van der Waals surface area (Å²) in [6, 6.07) is 5.82. The Hall–Kier alpha value is -1.47. The molecule has 7 heteroatoms. The maximum atomic E-state index is 10.5. The highest BCUT2D eigenvalue weighted by Gasteiger charge is 2.14. The summed E-state index contributed by atoms with van der Waals surface area (Å²) in [5, 5.41) is 10.5. The number of hydrogen-bond acceptors (Lipinski definition) is 4. The molecule has 0 aromatic heterocycles. The Bertz CT molecular complexity index is 468. The predicted molar refractivity (Wildman–Crippen MR) is 53.2 cm³/mol. The van der Waals surface area contributed by atoms with Crippen molar-refractivity contribution in [1.82, 2.24) is 0 Å². The second-order valence-electron chi connectivity index (χ2n) is 2.92. The van der Waals surface area contributed by atoms with E-state index in [2.05, 4.69) is 0 Å². The highest BCUT2D eigenvalue weighted by atomic mass is 32.2. The average molecular weight is 231 g/mol. The zero-order valence-corrected chi connectivity index (χ0v) is 8.48. The number of hydrogen-bond donors (Lipinski definition) is 1. The van der Waals surface area contributed by atoms with Crippen molar-refractivity contribution in [3.8, 4) is 0 Å². The minimum atomic E-state index is -4.09. The number of benzene rings is 1. The molecule has 0 aliphatic carbocycles. The van der Waals surface area contributed by atoms with Gasteiger partial charge < -0.3 is 0 Å². The Balaban J connectivity index is 2.90. The fourth-order valence-electron chi connectivity index (χ4n) is 1.14. The molecule has 0 spiro atoms. The van der Waals surface area contributed by atoms with Crippen LogP contribution in [0, 0.1) is 10.1 Å². The maximum Gasteiger partial charge on any atom is 0.272 e. The third kappa shape index (κ3) is 3.64. The summed E-state index contributed by atoms with van der Waals surface area (Å²) in [7, 11) is -4.09. The van der Waals surface area contributed by atoms with Crippen molar-refractivity contribution in [3.05, 3.63) is 39.9 Å². The number of nitro groups is 1. The summed E-state index contributed by atoms with van der Waals surface area (Å²) in [4.78, 5) is 9.96. The number of para-hydroxylation sites is 1. The van der Waals surface area contributed by atoms with Crippen LogP contribution in [0.4, 0.5) is 5.69 Å². The second-order valence-corrected chi connectivity index (χ2v) is 4.49. The van der Waals surface area contributed by atoms with Crippen LogP contribution in [0.3, 0.4) is 0 Å². The van der Waals surface area contributed by atoms with Crippen LogP contribution in [0.5, 0.6) is 0 Å². The van der Waals surface area contributed by atoms with E-state index in [1.165, 1.54) is 18.2 Å². The Morgan fingerprint density at radius 3 is 2.47 bits per heavy atom. The molecule has 0 radical (unpaired) electrons. The van der Waals surface area contributed by atoms with Crippen LogP contribution in [-0.2, 0) is 16.5 Å². The molecule has 15 heavy (non-hydrogen) atoms. The Morgan fingerprint density at radius 1 is 1.33 bits per heavy atom. The molecule has 1 rings (SSSR count). The lowest BCUT2D eigenvalue weighted by Crippen LogP contribution is -2.07. The van der Waals surface area contributed by atoms with E-state index in [1.807, 2.05) is 0 Å². The molecular weight excluding hydrogens is 222 g/mol. The van der Waals surface area contributed by atoms with E-state index in [9.17, 15) is 18.5 Å². The normalized spacial score (nSPS) is 11.3. The topological polar surface area (TPSA) is 97.5 Å². The van der Waals surface area contributed by atoms with Gasteiger partial charge in [-0.3, -0.25) is 14.7 Å². The van der Waals surface area contributed by atoms with E-state index in [-0.39, 0.29) is 12.1 Å². The second kappa shape index (κ2) is 4.37. The third-order valence-corrected chi connectivity index (χ3v) is 2.54. The zero-order chi connectivity index (χ0) is 11.5. The highest BCUT2D eigenvalue weighted by Crippen LogP contribution is 2.18. The molecule has 82 valence electrons. The molecule has 1 aromatic rings. The number of nitro benzene ring substituents is 1. The first kappa shape index (κ1) is 11.6. The lowest BCUT2D eigenvalue weighted by molar-refractivity contribution is -0.385. The average Bonchev–Trinajstić information content (AvgIpc) is 2.14. The summed E-state index contributed by atoms with van der Waals surface area (Å²) >= 11 is 0.